The van der Waals surface area contributed by atoms with Gasteiger partial charge in [-0.2, -0.15) is 0 Å². The number of para-hydroxylation sites is 1. The van der Waals surface area contributed by atoms with E-state index in [-0.39, 0.29) is 10.6 Å². The van der Waals surface area contributed by atoms with Crippen LogP contribution in [0.3, 0.4) is 0 Å². The molecule has 0 spiro atoms. The molecule has 0 atom stereocenters. The zero-order valence-corrected chi connectivity index (χ0v) is 17.1. The van der Waals surface area contributed by atoms with Crippen molar-refractivity contribution in [2.24, 2.45) is 0 Å². The van der Waals surface area contributed by atoms with Gasteiger partial charge in [0.15, 0.2) is 0 Å². The zero-order chi connectivity index (χ0) is 18.6. The van der Waals surface area contributed by atoms with Gasteiger partial charge < -0.3 is 4.74 Å². The maximum atomic E-state index is 12.9. The van der Waals surface area contributed by atoms with Gasteiger partial charge in [-0.15, -0.1) is 0 Å². The molecule has 1 N–H and O–H groups in total. The van der Waals surface area contributed by atoms with E-state index in [0.29, 0.717) is 10.2 Å². The van der Waals surface area contributed by atoms with E-state index in [1.807, 2.05) is 42.5 Å². The minimum Gasteiger partial charge on any atom is -0.495 e. The molecule has 134 valence electrons. The lowest BCUT2D eigenvalue weighted by Crippen LogP contribution is -2.14. The van der Waals surface area contributed by atoms with E-state index < -0.39 is 10.0 Å². The van der Waals surface area contributed by atoms with Crippen molar-refractivity contribution in [3.8, 4) is 5.75 Å². The number of anilines is 1. The average molecular weight is 450 g/mol. The van der Waals surface area contributed by atoms with Gasteiger partial charge in [0.1, 0.15) is 10.6 Å². The summed E-state index contributed by atoms with van der Waals surface area (Å²) in [6.07, 6.45) is 0. The second-order valence-corrected chi connectivity index (χ2v) is 8.99. The summed E-state index contributed by atoms with van der Waals surface area (Å²) in [4.78, 5) is 1.92. The van der Waals surface area contributed by atoms with Crippen LogP contribution < -0.4 is 9.46 Å². The summed E-state index contributed by atoms with van der Waals surface area (Å²) in [6, 6.07) is 22.0. The van der Waals surface area contributed by atoms with Gasteiger partial charge in [0.2, 0.25) is 0 Å². The second-order valence-electron chi connectivity index (χ2n) is 5.31. The molecule has 3 aromatic rings. The smallest absolute Gasteiger partial charge is 0.265 e. The van der Waals surface area contributed by atoms with Crippen LogP contribution in [-0.2, 0) is 10.0 Å². The Balaban J connectivity index is 1.95. The first-order valence-electron chi connectivity index (χ1n) is 7.68. The highest BCUT2D eigenvalue weighted by Gasteiger charge is 2.21. The molecule has 0 aromatic heterocycles. The minimum absolute atomic E-state index is 0.0777. The predicted molar refractivity (Wildman–Crippen MR) is 109 cm³/mol. The number of benzene rings is 3. The summed E-state index contributed by atoms with van der Waals surface area (Å²) in [5, 5.41) is 0. The Hall–Kier alpha value is -1.96. The van der Waals surface area contributed by atoms with Crippen molar-refractivity contribution in [1.82, 2.24) is 0 Å². The van der Waals surface area contributed by atoms with Crippen LogP contribution in [0.1, 0.15) is 0 Å². The van der Waals surface area contributed by atoms with Crippen LogP contribution in [0.5, 0.6) is 5.75 Å². The third-order valence-corrected chi connectivity index (χ3v) is 6.48. The fourth-order valence-electron chi connectivity index (χ4n) is 2.32. The average Bonchev–Trinajstić information content (AvgIpc) is 2.64. The molecule has 0 amide bonds. The Morgan fingerprint density at radius 1 is 0.962 bits per heavy atom. The largest absolute Gasteiger partial charge is 0.495 e. The van der Waals surface area contributed by atoms with Crippen molar-refractivity contribution in [1.29, 1.82) is 0 Å². The molecular weight excluding hydrogens is 434 g/mol. The Morgan fingerprint density at radius 2 is 1.65 bits per heavy atom. The predicted octanol–water partition coefficient (Wildman–Crippen LogP) is 5.41. The monoisotopic (exact) mass is 449 g/mol. The Bertz CT molecular complexity index is 1010. The van der Waals surface area contributed by atoms with Gasteiger partial charge in [0.05, 0.1) is 12.8 Å². The Morgan fingerprint density at radius 3 is 2.38 bits per heavy atom. The van der Waals surface area contributed by atoms with E-state index in [1.165, 1.54) is 24.9 Å². The Labute approximate surface area is 165 Å². The quantitative estimate of drug-likeness (QED) is 0.546. The lowest BCUT2D eigenvalue weighted by atomic mass is 10.3. The number of hydrogen-bond donors (Lipinski definition) is 1. The normalized spacial score (nSPS) is 11.2. The molecule has 0 aliphatic rings. The number of rotatable bonds is 6. The van der Waals surface area contributed by atoms with Crippen molar-refractivity contribution >= 4 is 43.4 Å². The molecule has 0 unspecified atom stereocenters. The van der Waals surface area contributed by atoms with E-state index in [0.717, 1.165) is 9.79 Å². The molecule has 0 fully saturated rings. The van der Waals surface area contributed by atoms with Gasteiger partial charge in [-0.3, -0.25) is 4.72 Å². The highest BCUT2D eigenvalue weighted by molar-refractivity contribution is 9.10. The molecule has 4 nitrogen and oxygen atoms in total. The summed E-state index contributed by atoms with van der Waals surface area (Å²) < 4.78 is 34.4. The van der Waals surface area contributed by atoms with Gasteiger partial charge in [-0.1, -0.05) is 58.0 Å². The summed E-state index contributed by atoms with van der Waals surface area (Å²) in [6.45, 7) is 0. The van der Waals surface area contributed by atoms with Gasteiger partial charge in [-0.05, 0) is 42.5 Å². The molecule has 0 radical (unpaired) electrons. The van der Waals surface area contributed by atoms with E-state index >= 15 is 0 Å². The van der Waals surface area contributed by atoms with Crippen LogP contribution in [0.2, 0.25) is 0 Å². The van der Waals surface area contributed by atoms with Gasteiger partial charge in [-0.25, -0.2) is 8.42 Å². The number of methoxy groups -OCH3 is 1. The van der Waals surface area contributed by atoms with Crippen LogP contribution in [0.4, 0.5) is 5.69 Å². The first kappa shape index (κ1) is 18.8. The summed E-state index contributed by atoms with van der Waals surface area (Å²) >= 11 is 4.81. The van der Waals surface area contributed by atoms with Crippen molar-refractivity contribution in [3.05, 3.63) is 77.3 Å². The minimum atomic E-state index is -3.81. The summed E-state index contributed by atoms with van der Waals surface area (Å²) in [7, 11) is -2.37. The highest BCUT2D eigenvalue weighted by Crippen LogP contribution is 2.35. The van der Waals surface area contributed by atoms with Gasteiger partial charge >= 0.3 is 0 Å². The Kier molecular flexibility index (Phi) is 5.90. The molecule has 0 saturated heterocycles. The van der Waals surface area contributed by atoms with E-state index in [9.17, 15) is 8.42 Å². The summed E-state index contributed by atoms with van der Waals surface area (Å²) in [5.41, 5.74) is 0.517. The standard InChI is InChI=1S/C19H16BrNO3S2/c1-24-17-12-11-14(20)13-19(17)26(22,23)21-16-9-5-6-10-18(16)25-15-7-3-2-4-8-15/h2-13,21H,1H3. The lowest BCUT2D eigenvalue weighted by Gasteiger charge is -2.14. The molecule has 7 heteroatoms. The van der Waals surface area contributed by atoms with E-state index in [2.05, 4.69) is 20.7 Å². The number of sulfonamides is 1. The molecule has 0 bridgehead atoms. The lowest BCUT2D eigenvalue weighted by molar-refractivity contribution is 0.403. The second kappa shape index (κ2) is 8.16. The number of nitrogens with one attached hydrogen (secondary N) is 1. The van der Waals surface area contributed by atoms with E-state index in [1.54, 1.807) is 24.3 Å². The van der Waals surface area contributed by atoms with Gasteiger partial charge in [0.25, 0.3) is 10.0 Å². The van der Waals surface area contributed by atoms with Crippen LogP contribution in [0.15, 0.2) is 92.0 Å². The third kappa shape index (κ3) is 4.41. The first-order chi connectivity index (χ1) is 12.5. The number of hydrogen-bond acceptors (Lipinski definition) is 4. The fourth-order valence-corrected chi connectivity index (χ4v) is 5.09. The number of halogens is 1. The molecule has 0 aliphatic carbocycles. The maximum Gasteiger partial charge on any atom is 0.265 e. The molecule has 3 rings (SSSR count). The van der Waals surface area contributed by atoms with Crippen molar-refractivity contribution in [2.45, 2.75) is 14.7 Å². The fraction of sp³-hybridized carbons (Fsp3) is 0.0526. The van der Waals surface area contributed by atoms with Gasteiger partial charge in [0, 0.05) is 14.3 Å². The first-order valence-corrected chi connectivity index (χ1v) is 10.8. The number of ether oxygens (including phenoxy) is 1. The van der Waals surface area contributed by atoms with Crippen molar-refractivity contribution in [3.63, 3.8) is 0 Å². The maximum absolute atomic E-state index is 12.9. The molecule has 3 aromatic carbocycles. The molecule has 0 saturated carbocycles. The highest BCUT2D eigenvalue weighted by atomic mass is 79.9. The molecular formula is C19H16BrNO3S2. The van der Waals surface area contributed by atoms with E-state index in [4.69, 9.17) is 4.74 Å². The zero-order valence-electron chi connectivity index (χ0n) is 13.8. The molecule has 0 aliphatic heterocycles. The summed E-state index contributed by atoms with van der Waals surface area (Å²) in [5.74, 6) is 0.286. The topological polar surface area (TPSA) is 55.4 Å². The van der Waals surface area contributed by atoms with Crippen LogP contribution in [-0.4, -0.2) is 15.5 Å². The van der Waals surface area contributed by atoms with Crippen molar-refractivity contribution < 1.29 is 13.2 Å². The van der Waals surface area contributed by atoms with Crippen LogP contribution >= 0.6 is 27.7 Å². The van der Waals surface area contributed by atoms with Crippen LogP contribution in [0.25, 0.3) is 0 Å². The third-order valence-electron chi connectivity index (χ3n) is 3.52. The molecule has 26 heavy (non-hydrogen) atoms. The van der Waals surface area contributed by atoms with Crippen LogP contribution in [0, 0.1) is 0 Å². The SMILES string of the molecule is COc1ccc(Br)cc1S(=O)(=O)Nc1ccccc1Sc1ccccc1. The molecule has 0 heterocycles. The van der Waals surface area contributed by atoms with Crippen molar-refractivity contribution in [2.75, 3.05) is 11.8 Å².